The zero-order valence-electron chi connectivity index (χ0n) is 44.1. The third-order valence-corrected chi connectivity index (χ3v) is 11.2. The van der Waals surface area contributed by atoms with Crippen molar-refractivity contribution in [2.75, 3.05) is 19.8 Å². The molecule has 0 amide bonds. The molecule has 68 heavy (non-hydrogen) atoms. The highest BCUT2D eigenvalue weighted by molar-refractivity contribution is 5.70. The van der Waals surface area contributed by atoms with Crippen LogP contribution in [0.3, 0.4) is 0 Å². The number of carbonyl (C=O) groups is 2. The fourth-order valence-corrected chi connectivity index (χ4v) is 7.10. The molecular formula is C63H102O5. The molecule has 0 heterocycles. The van der Waals surface area contributed by atoms with Gasteiger partial charge in [0.05, 0.1) is 6.61 Å². The van der Waals surface area contributed by atoms with E-state index in [4.69, 9.17) is 14.2 Å². The minimum absolute atomic E-state index is 0.0336. The van der Waals surface area contributed by atoms with Crippen molar-refractivity contribution in [3.63, 3.8) is 0 Å². The SMILES string of the molecule is CC/C=C\C/C=C\C/C=C\C/C=C\C/C=C\CCCCCCOCC(COC(=O)CCC/C=C\C/C=C\C/C=C\C/C=C\C/C=C\CC)OC(=O)CCCCCCC/C=C\CCCCCCCC. The van der Waals surface area contributed by atoms with E-state index in [2.05, 4.69) is 154 Å². The van der Waals surface area contributed by atoms with Crippen molar-refractivity contribution in [1.29, 1.82) is 0 Å². The molecule has 0 saturated carbocycles. The molecule has 0 N–H and O–H groups in total. The van der Waals surface area contributed by atoms with Crippen molar-refractivity contribution < 1.29 is 23.8 Å². The highest BCUT2D eigenvalue weighted by atomic mass is 16.6. The monoisotopic (exact) mass is 939 g/mol. The average molecular weight is 940 g/mol. The van der Waals surface area contributed by atoms with Gasteiger partial charge in [-0.2, -0.15) is 0 Å². The van der Waals surface area contributed by atoms with Crippen LogP contribution in [0.15, 0.2) is 134 Å². The quantitative estimate of drug-likeness (QED) is 0.0345. The first-order valence-electron chi connectivity index (χ1n) is 27.7. The van der Waals surface area contributed by atoms with E-state index in [-0.39, 0.29) is 25.2 Å². The maximum absolute atomic E-state index is 12.8. The summed E-state index contributed by atoms with van der Waals surface area (Å²) in [4.78, 5) is 25.5. The summed E-state index contributed by atoms with van der Waals surface area (Å²) >= 11 is 0. The van der Waals surface area contributed by atoms with E-state index in [1.165, 1.54) is 64.2 Å². The predicted molar refractivity (Wildman–Crippen MR) is 297 cm³/mol. The molecule has 0 rings (SSSR count). The summed E-state index contributed by atoms with van der Waals surface area (Å²) in [6.45, 7) is 7.46. The lowest BCUT2D eigenvalue weighted by Crippen LogP contribution is -2.30. The van der Waals surface area contributed by atoms with Crippen molar-refractivity contribution in [2.45, 2.75) is 232 Å². The van der Waals surface area contributed by atoms with Crippen LogP contribution in [0.5, 0.6) is 0 Å². The molecule has 0 aliphatic rings. The Morgan fingerprint density at radius 3 is 1.12 bits per heavy atom. The number of ether oxygens (including phenoxy) is 3. The van der Waals surface area contributed by atoms with E-state index in [9.17, 15) is 9.59 Å². The van der Waals surface area contributed by atoms with Crippen LogP contribution in [0.25, 0.3) is 0 Å². The number of unbranched alkanes of at least 4 members (excludes halogenated alkanes) is 16. The molecule has 1 unspecified atom stereocenters. The van der Waals surface area contributed by atoms with Gasteiger partial charge in [-0.15, -0.1) is 0 Å². The highest BCUT2D eigenvalue weighted by Gasteiger charge is 2.17. The Labute approximate surface area is 419 Å². The lowest BCUT2D eigenvalue weighted by Gasteiger charge is -2.18. The number of hydrogen-bond acceptors (Lipinski definition) is 5. The van der Waals surface area contributed by atoms with Crippen LogP contribution < -0.4 is 0 Å². The van der Waals surface area contributed by atoms with Gasteiger partial charge in [0.2, 0.25) is 0 Å². The second-order valence-corrected chi connectivity index (χ2v) is 17.7. The van der Waals surface area contributed by atoms with Crippen molar-refractivity contribution in [3.05, 3.63) is 134 Å². The van der Waals surface area contributed by atoms with Gasteiger partial charge in [0.25, 0.3) is 0 Å². The van der Waals surface area contributed by atoms with Gasteiger partial charge in [0.1, 0.15) is 6.61 Å². The van der Waals surface area contributed by atoms with Crippen LogP contribution in [0.1, 0.15) is 226 Å². The number of rotatable bonds is 49. The maximum Gasteiger partial charge on any atom is 0.306 e. The van der Waals surface area contributed by atoms with Gasteiger partial charge < -0.3 is 14.2 Å². The van der Waals surface area contributed by atoms with Crippen LogP contribution in [-0.4, -0.2) is 37.9 Å². The molecule has 0 aliphatic carbocycles. The molecule has 0 spiro atoms. The molecule has 0 aromatic carbocycles. The van der Waals surface area contributed by atoms with Crippen LogP contribution in [-0.2, 0) is 23.8 Å². The highest BCUT2D eigenvalue weighted by Crippen LogP contribution is 2.12. The summed E-state index contributed by atoms with van der Waals surface area (Å²) in [6, 6.07) is 0. The first-order valence-corrected chi connectivity index (χ1v) is 27.7. The fraction of sp³-hybridized carbons (Fsp3) is 0.619. The second kappa shape index (κ2) is 57.4. The summed E-state index contributed by atoms with van der Waals surface area (Å²) in [5.74, 6) is -0.496. The molecular weight excluding hydrogens is 837 g/mol. The van der Waals surface area contributed by atoms with Crippen molar-refractivity contribution in [1.82, 2.24) is 0 Å². The maximum atomic E-state index is 12.8. The lowest BCUT2D eigenvalue weighted by molar-refractivity contribution is -0.163. The third-order valence-electron chi connectivity index (χ3n) is 11.2. The van der Waals surface area contributed by atoms with E-state index >= 15 is 0 Å². The fourth-order valence-electron chi connectivity index (χ4n) is 7.10. The number of allylic oxidation sites excluding steroid dienone is 22. The Morgan fingerprint density at radius 2 is 0.676 bits per heavy atom. The van der Waals surface area contributed by atoms with E-state index in [0.29, 0.717) is 19.4 Å². The van der Waals surface area contributed by atoms with E-state index in [0.717, 1.165) is 128 Å². The molecule has 5 heteroatoms. The zero-order chi connectivity index (χ0) is 49.2. The summed E-state index contributed by atoms with van der Waals surface area (Å²) < 4.78 is 17.4. The lowest BCUT2D eigenvalue weighted by atomic mass is 10.1. The third kappa shape index (κ3) is 54.6. The van der Waals surface area contributed by atoms with Gasteiger partial charge in [-0.3, -0.25) is 9.59 Å². The Hall–Kier alpha value is -3.96. The van der Waals surface area contributed by atoms with Gasteiger partial charge in [-0.1, -0.05) is 219 Å². The van der Waals surface area contributed by atoms with Gasteiger partial charge in [0, 0.05) is 19.4 Å². The van der Waals surface area contributed by atoms with Crippen molar-refractivity contribution in [3.8, 4) is 0 Å². The first kappa shape index (κ1) is 64.0. The Morgan fingerprint density at radius 1 is 0.338 bits per heavy atom. The van der Waals surface area contributed by atoms with Gasteiger partial charge >= 0.3 is 11.9 Å². The first-order chi connectivity index (χ1) is 33.6. The summed E-state index contributed by atoms with van der Waals surface area (Å²) in [7, 11) is 0. The molecule has 0 aromatic heterocycles. The molecule has 384 valence electrons. The summed E-state index contributed by atoms with van der Waals surface area (Å²) in [5.41, 5.74) is 0. The van der Waals surface area contributed by atoms with Gasteiger partial charge in [-0.25, -0.2) is 0 Å². The molecule has 0 aromatic rings. The normalized spacial score (nSPS) is 13.3. The van der Waals surface area contributed by atoms with E-state index in [1.807, 2.05) is 0 Å². The Balaban J connectivity index is 4.46. The largest absolute Gasteiger partial charge is 0.462 e. The Kier molecular flexibility index (Phi) is 54.0. The topological polar surface area (TPSA) is 61.8 Å². The molecule has 0 bridgehead atoms. The minimum Gasteiger partial charge on any atom is -0.462 e. The van der Waals surface area contributed by atoms with Crippen molar-refractivity contribution in [2.24, 2.45) is 0 Å². The number of carbonyl (C=O) groups excluding carboxylic acids is 2. The minimum atomic E-state index is -0.587. The standard InChI is InChI=1S/C63H102O5/c1-4-7-10-13-16-19-22-25-28-30-31-32-34-37-40-43-46-49-52-55-58-66-59-61(68-63(65)57-54-51-48-45-42-39-35-27-24-21-18-15-12-9-6-3)60-67-62(64)56-53-50-47-44-41-38-36-33-29-26-23-20-17-14-11-8-5-2/h7-8,10-11,16-17,19-20,25-29,31-32,35-38,40,44,47,61H,4-6,9,12-15,18,21-24,30,33-34,39,41-43,45-46,48-60H2,1-3H3/b10-7-,11-8-,19-16-,20-17-,28-25-,29-26-,32-31-,35-27-,38-36-,40-37-,47-44-. The van der Waals surface area contributed by atoms with E-state index in [1.54, 1.807) is 0 Å². The molecule has 1 atom stereocenters. The van der Waals surface area contributed by atoms with Gasteiger partial charge in [0.15, 0.2) is 6.10 Å². The smallest absolute Gasteiger partial charge is 0.306 e. The van der Waals surface area contributed by atoms with Crippen molar-refractivity contribution >= 4 is 11.9 Å². The van der Waals surface area contributed by atoms with Crippen LogP contribution >= 0.6 is 0 Å². The Bertz CT molecular complexity index is 1430. The zero-order valence-corrected chi connectivity index (χ0v) is 44.1. The summed E-state index contributed by atoms with van der Waals surface area (Å²) in [6.07, 6.45) is 81.9. The number of esters is 2. The second-order valence-electron chi connectivity index (χ2n) is 17.7. The van der Waals surface area contributed by atoms with Crippen LogP contribution in [0.2, 0.25) is 0 Å². The van der Waals surface area contributed by atoms with Crippen LogP contribution in [0, 0.1) is 0 Å². The molecule has 0 aliphatic heterocycles. The van der Waals surface area contributed by atoms with Crippen LogP contribution in [0.4, 0.5) is 0 Å². The molecule has 0 saturated heterocycles. The summed E-state index contributed by atoms with van der Waals surface area (Å²) in [5, 5.41) is 0. The molecule has 0 radical (unpaired) electrons. The van der Waals surface area contributed by atoms with Gasteiger partial charge in [-0.05, 0) is 128 Å². The predicted octanol–water partition coefficient (Wildman–Crippen LogP) is 19.1. The molecule has 0 fully saturated rings. The number of hydrogen-bond donors (Lipinski definition) is 0. The molecule has 5 nitrogen and oxygen atoms in total. The van der Waals surface area contributed by atoms with E-state index < -0.39 is 6.10 Å². The average Bonchev–Trinajstić information content (AvgIpc) is 3.34.